The molecule has 2 aliphatic rings. The predicted octanol–water partition coefficient (Wildman–Crippen LogP) is 4.03. The third-order valence-electron chi connectivity index (χ3n) is 5.25. The molecule has 1 N–H and O–H groups in total. The van der Waals surface area contributed by atoms with Crippen LogP contribution >= 0.6 is 15.9 Å². The Hall–Kier alpha value is -2.49. The minimum Gasteiger partial charge on any atom is -0.493 e. The number of hydrogen-bond acceptors (Lipinski definition) is 7. The summed E-state index contributed by atoms with van der Waals surface area (Å²) in [5.41, 5.74) is 1.58. The van der Waals surface area contributed by atoms with Gasteiger partial charge in [0.2, 0.25) is 0 Å². The molecule has 2 unspecified atom stereocenters. The van der Waals surface area contributed by atoms with Crippen molar-refractivity contribution in [2.24, 2.45) is 0 Å². The van der Waals surface area contributed by atoms with Crippen LogP contribution < -0.4 is 14.8 Å². The van der Waals surface area contributed by atoms with Gasteiger partial charge in [-0.15, -0.1) is 0 Å². The van der Waals surface area contributed by atoms with Gasteiger partial charge in [-0.25, -0.2) is 14.4 Å². The number of aromatic nitrogens is 2. The lowest BCUT2D eigenvalue weighted by atomic mass is 10.1. The fourth-order valence-electron chi connectivity index (χ4n) is 3.77. The van der Waals surface area contributed by atoms with Gasteiger partial charge in [0.1, 0.15) is 24.4 Å². The molecule has 0 aliphatic carbocycles. The maximum atomic E-state index is 13.8. The van der Waals surface area contributed by atoms with E-state index < -0.39 is 24.5 Å². The number of methoxy groups -OCH3 is 1. The average Bonchev–Trinajstić information content (AvgIpc) is 3.32. The van der Waals surface area contributed by atoms with E-state index in [4.69, 9.17) is 18.9 Å². The summed E-state index contributed by atoms with van der Waals surface area (Å²) in [7, 11) is 1.57. The molecule has 9 heteroatoms. The Morgan fingerprint density at radius 2 is 1.87 bits per heavy atom. The molecule has 1 aromatic heterocycles. The SMILES string of the molecule is COc1cc2c(Nc3ccc(Br)cc3)ncnc2cc1OC1CO[C@H]2C(F)CO[C@@H]12. The lowest BCUT2D eigenvalue weighted by molar-refractivity contribution is 0.0271. The topological polar surface area (TPSA) is 74.7 Å². The largest absolute Gasteiger partial charge is 0.493 e. The summed E-state index contributed by atoms with van der Waals surface area (Å²) in [4.78, 5) is 8.74. The number of anilines is 2. The first-order valence-corrected chi connectivity index (χ1v) is 10.3. The van der Waals surface area contributed by atoms with Crippen LogP contribution in [0.25, 0.3) is 10.9 Å². The van der Waals surface area contributed by atoms with Crippen LogP contribution in [0.1, 0.15) is 0 Å². The molecule has 5 rings (SSSR count). The van der Waals surface area contributed by atoms with E-state index in [-0.39, 0.29) is 13.2 Å². The van der Waals surface area contributed by atoms with Crippen LogP contribution in [-0.4, -0.2) is 54.8 Å². The van der Waals surface area contributed by atoms with Gasteiger partial charge < -0.3 is 24.3 Å². The van der Waals surface area contributed by atoms with Gasteiger partial charge in [-0.1, -0.05) is 15.9 Å². The smallest absolute Gasteiger partial charge is 0.164 e. The minimum absolute atomic E-state index is 0.0301. The van der Waals surface area contributed by atoms with Gasteiger partial charge in [0.15, 0.2) is 23.8 Å². The molecule has 3 heterocycles. The Morgan fingerprint density at radius 1 is 1.07 bits per heavy atom. The molecule has 0 amide bonds. The first-order chi connectivity index (χ1) is 14.6. The van der Waals surface area contributed by atoms with E-state index in [9.17, 15) is 4.39 Å². The molecule has 4 atom stereocenters. The van der Waals surface area contributed by atoms with Crippen molar-refractivity contribution < 1.29 is 23.3 Å². The third-order valence-corrected chi connectivity index (χ3v) is 5.78. The van der Waals surface area contributed by atoms with Gasteiger partial charge in [-0.3, -0.25) is 0 Å². The Morgan fingerprint density at radius 3 is 2.67 bits per heavy atom. The van der Waals surface area contributed by atoms with Crippen LogP contribution in [0.3, 0.4) is 0 Å². The van der Waals surface area contributed by atoms with Crippen LogP contribution in [0.4, 0.5) is 15.9 Å². The molecule has 2 fully saturated rings. The Labute approximate surface area is 180 Å². The molecule has 7 nitrogen and oxygen atoms in total. The quantitative estimate of drug-likeness (QED) is 0.596. The van der Waals surface area contributed by atoms with Gasteiger partial charge in [0, 0.05) is 21.6 Å². The van der Waals surface area contributed by atoms with Crippen molar-refractivity contribution in [2.75, 3.05) is 25.6 Å². The highest BCUT2D eigenvalue weighted by Crippen LogP contribution is 2.38. The summed E-state index contributed by atoms with van der Waals surface area (Å²) in [5.74, 6) is 1.67. The summed E-state index contributed by atoms with van der Waals surface area (Å²) in [6.45, 7) is 0.291. The number of benzene rings is 2. The van der Waals surface area contributed by atoms with Crippen molar-refractivity contribution in [3.8, 4) is 11.5 Å². The zero-order valence-corrected chi connectivity index (χ0v) is 17.6. The maximum absolute atomic E-state index is 13.8. The molecule has 0 saturated carbocycles. The second kappa shape index (κ2) is 7.98. The third kappa shape index (κ3) is 3.57. The highest BCUT2D eigenvalue weighted by Gasteiger charge is 2.49. The minimum atomic E-state index is -1.12. The van der Waals surface area contributed by atoms with Crippen LogP contribution in [-0.2, 0) is 9.47 Å². The fraction of sp³-hybridized carbons (Fsp3) is 0.333. The lowest BCUT2D eigenvalue weighted by Gasteiger charge is -2.20. The summed E-state index contributed by atoms with van der Waals surface area (Å²) >= 11 is 3.43. The maximum Gasteiger partial charge on any atom is 0.164 e. The van der Waals surface area contributed by atoms with Crippen LogP contribution in [0.15, 0.2) is 47.2 Å². The van der Waals surface area contributed by atoms with E-state index in [0.29, 0.717) is 22.8 Å². The van der Waals surface area contributed by atoms with E-state index in [1.807, 2.05) is 30.3 Å². The number of fused-ring (bicyclic) bond motifs is 2. The number of nitrogens with one attached hydrogen (secondary N) is 1. The molecule has 2 saturated heterocycles. The summed E-state index contributed by atoms with van der Waals surface area (Å²) in [6.07, 6.45) is -1.06. The van der Waals surface area contributed by atoms with Crippen molar-refractivity contribution in [3.05, 3.63) is 47.2 Å². The van der Waals surface area contributed by atoms with Crippen LogP contribution in [0.2, 0.25) is 0 Å². The van der Waals surface area contributed by atoms with Gasteiger partial charge in [0.05, 0.1) is 25.8 Å². The van der Waals surface area contributed by atoms with Crippen molar-refractivity contribution in [1.82, 2.24) is 9.97 Å². The highest BCUT2D eigenvalue weighted by molar-refractivity contribution is 9.10. The number of rotatable bonds is 5. The Balaban J connectivity index is 1.45. The molecule has 30 heavy (non-hydrogen) atoms. The van der Waals surface area contributed by atoms with Gasteiger partial charge >= 0.3 is 0 Å². The van der Waals surface area contributed by atoms with Crippen molar-refractivity contribution in [3.63, 3.8) is 0 Å². The number of ether oxygens (including phenoxy) is 4. The van der Waals surface area contributed by atoms with Crippen molar-refractivity contribution in [2.45, 2.75) is 24.5 Å². The van der Waals surface area contributed by atoms with Crippen LogP contribution in [0.5, 0.6) is 11.5 Å². The van der Waals surface area contributed by atoms with Gasteiger partial charge in [0.25, 0.3) is 0 Å². The molecule has 0 bridgehead atoms. The Bertz CT molecular complexity index is 1070. The van der Waals surface area contributed by atoms with Crippen molar-refractivity contribution in [1.29, 1.82) is 0 Å². The standard InChI is InChI=1S/C21H19BrFN3O4/c1-27-16-6-13-15(24-10-25-21(13)26-12-4-2-11(22)3-5-12)7-17(16)30-18-9-29-19-14(23)8-28-20(18)19/h2-7,10,14,18-20H,8-9H2,1H3,(H,24,25,26)/t14?,18?,19-,20-/m0/s1. The number of halogens is 2. The molecule has 2 aliphatic heterocycles. The molecule has 2 aromatic carbocycles. The predicted molar refractivity (Wildman–Crippen MR) is 112 cm³/mol. The monoisotopic (exact) mass is 475 g/mol. The highest BCUT2D eigenvalue weighted by atomic mass is 79.9. The van der Waals surface area contributed by atoms with Gasteiger partial charge in [-0.2, -0.15) is 0 Å². The second-order valence-electron chi connectivity index (χ2n) is 7.14. The number of nitrogens with zero attached hydrogens (tertiary/aromatic N) is 2. The fourth-order valence-corrected chi connectivity index (χ4v) is 4.03. The molecule has 156 valence electrons. The first kappa shape index (κ1) is 19.5. The normalized spacial score (nSPS) is 25.3. The van der Waals surface area contributed by atoms with Gasteiger partial charge in [-0.05, 0) is 30.3 Å². The second-order valence-corrected chi connectivity index (χ2v) is 8.06. The molecular formula is C21H19BrFN3O4. The lowest BCUT2D eigenvalue weighted by Crippen LogP contribution is -2.33. The average molecular weight is 476 g/mol. The van der Waals surface area contributed by atoms with E-state index in [2.05, 4.69) is 31.2 Å². The van der Waals surface area contributed by atoms with E-state index >= 15 is 0 Å². The first-order valence-electron chi connectivity index (χ1n) is 9.51. The van der Waals surface area contributed by atoms with Crippen LogP contribution in [0, 0.1) is 0 Å². The molecule has 0 radical (unpaired) electrons. The summed E-state index contributed by atoms with van der Waals surface area (Å²) < 4.78 is 37.5. The molecule has 3 aromatic rings. The number of alkyl halides is 1. The van der Waals surface area contributed by atoms with E-state index in [1.54, 1.807) is 13.2 Å². The zero-order valence-electron chi connectivity index (χ0n) is 16.0. The molecular weight excluding hydrogens is 457 g/mol. The summed E-state index contributed by atoms with van der Waals surface area (Å²) in [6, 6.07) is 11.4. The van der Waals surface area contributed by atoms with Crippen molar-refractivity contribution >= 4 is 38.3 Å². The Kier molecular flexibility index (Phi) is 5.18. The zero-order chi connectivity index (χ0) is 20.7. The van der Waals surface area contributed by atoms with E-state index in [1.165, 1.54) is 6.33 Å². The summed E-state index contributed by atoms with van der Waals surface area (Å²) in [5, 5.41) is 4.09. The number of hydrogen-bond donors (Lipinski definition) is 1. The van der Waals surface area contributed by atoms with E-state index in [0.717, 1.165) is 15.5 Å². The molecule has 0 spiro atoms.